The van der Waals surface area contributed by atoms with Crippen molar-refractivity contribution in [1.29, 1.82) is 0 Å². The minimum absolute atomic E-state index is 0. The predicted octanol–water partition coefficient (Wildman–Crippen LogP) is 3.92. The highest BCUT2D eigenvalue weighted by Gasteiger charge is 2.33. The molecule has 0 bridgehead atoms. The Labute approximate surface area is 128 Å². The lowest BCUT2D eigenvalue weighted by atomic mass is 9.90. The Bertz CT molecular complexity index is 550. The lowest BCUT2D eigenvalue weighted by molar-refractivity contribution is 0.265. The monoisotopic (exact) mass is 287 g/mol. The third kappa shape index (κ3) is 2.89. The SMILES string of the molecule is CN(C)[C@@H]1Cc2ccccc2[C@H]1Cc1ccccc1.Cl. The van der Waals surface area contributed by atoms with Crippen LogP contribution in [0.5, 0.6) is 0 Å². The van der Waals surface area contributed by atoms with Crippen LogP contribution in [0.15, 0.2) is 54.6 Å². The molecule has 0 spiro atoms. The van der Waals surface area contributed by atoms with Crippen molar-refractivity contribution in [3.63, 3.8) is 0 Å². The van der Waals surface area contributed by atoms with E-state index in [-0.39, 0.29) is 12.4 Å². The van der Waals surface area contributed by atoms with Crippen molar-refractivity contribution in [3.05, 3.63) is 71.3 Å². The van der Waals surface area contributed by atoms with E-state index in [9.17, 15) is 0 Å². The molecule has 2 aromatic rings. The third-order valence-corrected chi connectivity index (χ3v) is 4.31. The summed E-state index contributed by atoms with van der Waals surface area (Å²) >= 11 is 0. The summed E-state index contributed by atoms with van der Waals surface area (Å²) in [7, 11) is 4.41. The van der Waals surface area contributed by atoms with E-state index in [4.69, 9.17) is 0 Å². The molecule has 106 valence electrons. The van der Waals surface area contributed by atoms with Gasteiger partial charge in [-0.2, -0.15) is 0 Å². The van der Waals surface area contributed by atoms with Crippen LogP contribution in [0.25, 0.3) is 0 Å². The van der Waals surface area contributed by atoms with Gasteiger partial charge < -0.3 is 4.90 Å². The van der Waals surface area contributed by atoms with Crippen LogP contribution < -0.4 is 0 Å². The van der Waals surface area contributed by atoms with E-state index in [1.165, 1.54) is 17.5 Å². The Balaban J connectivity index is 0.00000147. The molecular formula is C18H22ClN. The molecule has 2 atom stereocenters. The number of benzene rings is 2. The fourth-order valence-corrected chi connectivity index (χ4v) is 3.31. The Morgan fingerprint density at radius 2 is 1.60 bits per heavy atom. The molecule has 0 aromatic heterocycles. The molecule has 0 unspecified atom stereocenters. The van der Waals surface area contributed by atoms with Crippen LogP contribution in [0.2, 0.25) is 0 Å². The first-order valence-corrected chi connectivity index (χ1v) is 7.04. The molecule has 0 aliphatic heterocycles. The van der Waals surface area contributed by atoms with Crippen LogP contribution in [-0.2, 0) is 12.8 Å². The number of rotatable bonds is 3. The maximum Gasteiger partial charge on any atom is 0.0202 e. The third-order valence-electron chi connectivity index (χ3n) is 4.31. The van der Waals surface area contributed by atoms with Gasteiger partial charge in [-0.1, -0.05) is 54.6 Å². The van der Waals surface area contributed by atoms with Crippen LogP contribution in [0, 0.1) is 0 Å². The summed E-state index contributed by atoms with van der Waals surface area (Å²) < 4.78 is 0. The van der Waals surface area contributed by atoms with Crippen LogP contribution in [-0.4, -0.2) is 25.0 Å². The zero-order valence-electron chi connectivity index (χ0n) is 12.1. The number of likely N-dealkylation sites (N-methyl/N-ethyl adjacent to an activating group) is 1. The molecule has 0 fully saturated rings. The molecular weight excluding hydrogens is 266 g/mol. The average Bonchev–Trinajstić information content (AvgIpc) is 2.79. The summed E-state index contributed by atoms with van der Waals surface area (Å²) in [6, 6.07) is 20.4. The van der Waals surface area contributed by atoms with E-state index in [2.05, 4.69) is 73.6 Å². The highest BCUT2D eigenvalue weighted by atomic mass is 35.5. The van der Waals surface area contributed by atoms with Crippen molar-refractivity contribution in [2.24, 2.45) is 0 Å². The Kier molecular flexibility index (Phi) is 4.85. The van der Waals surface area contributed by atoms with Gasteiger partial charge in [-0.05, 0) is 43.6 Å². The fourth-order valence-electron chi connectivity index (χ4n) is 3.31. The van der Waals surface area contributed by atoms with E-state index < -0.39 is 0 Å². The van der Waals surface area contributed by atoms with E-state index >= 15 is 0 Å². The van der Waals surface area contributed by atoms with E-state index in [1.54, 1.807) is 5.56 Å². The number of hydrogen-bond donors (Lipinski definition) is 0. The lowest BCUT2D eigenvalue weighted by Crippen LogP contribution is -2.32. The van der Waals surface area contributed by atoms with Gasteiger partial charge in [-0.3, -0.25) is 0 Å². The summed E-state index contributed by atoms with van der Waals surface area (Å²) in [5, 5.41) is 0. The summed E-state index contributed by atoms with van der Waals surface area (Å²) in [5.41, 5.74) is 4.52. The second kappa shape index (κ2) is 6.43. The van der Waals surface area contributed by atoms with Crippen molar-refractivity contribution >= 4 is 12.4 Å². The molecule has 0 amide bonds. The van der Waals surface area contributed by atoms with Crippen LogP contribution in [0.3, 0.4) is 0 Å². The summed E-state index contributed by atoms with van der Waals surface area (Å²) in [4.78, 5) is 2.38. The quantitative estimate of drug-likeness (QED) is 0.827. The largest absolute Gasteiger partial charge is 0.305 e. The smallest absolute Gasteiger partial charge is 0.0202 e. The summed E-state index contributed by atoms with van der Waals surface area (Å²) in [5.74, 6) is 0.619. The van der Waals surface area contributed by atoms with Crippen molar-refractivity contribution in [2.45, 2.75) is 24.8 Å². The molecule has 0 N–H and O–H groups in total. The zero-order valence-corrected chi connectivity index (χ0v) is 12.9. The van der Waals surface area contributed by atoms with Gasteiger partial charge in [0.2, 0.25) is 0 Å². The number of nitrogens with zero attached hydrogens (tertiary/aromatic N) is 1. The number of halogens is 1. The normalized spacial score (nSPS) is 20.6. The van der Waals surface area contributed by atoms with Gasteiger partial charge >= 0.3 is 0 Å². The molecule has 0 radical (unpaired) electrons. The first kappa shape index (κ1) is 15.1. The van der Waals surface area contributed by atoms with Crippen molar-refractivity contribution < 1.29 is 0 Å². The summed E-state index contributed by atoms with van der Waals surface area (Å²) in [6.07, 6.45) is 2.32. The van der Waals surface area contributed by atoms with Crippen LogP contribution in [0.4, 0.5) is 0 Å². The molecule has 3 rings (SSSR count). The zero-order chi connectivity index (χ0) is 13.2. The molecule has 1 nitrogen and oxygen atoms in total. The van der Waals surface area contributed by atoms with Gasteiger partial charge in [0.25, 0.3) is 0 Å². The fraction of sp³-hybridized carbons (Fsp3) is 0.333. The van der Waals surface area contributed by atoms with Crippen LogP contribution >= 0.6 is 12.4 Å². The maximum absolute atomic E-state index is 2.38. The number of fused-ring (bicyclic) bond motifs is 1. The standard InChI is InChI=1S/C18H21N.ClH/c1-19(2)18-13-15-10-6-7-11-16(15)17(18)12-14-8-4-3-5-9-14;/h3-11,17-18H,12-13H2,1-2H3;1H/t17-,18-;/m1./s1. The molecule has 1 aliphatic rings. The van der Waals surface area contributed by atoms with E-state index in [0.717, 1.165) is 6.42 Å². The molecule has 0 saturated carbocycles. The van der Waals surface area contributed by atoms with E-state index in [1.807, 2.05) is 0 Å². The highest BCUT2D eigenvalue weighted by Crippen LogP contribution is 2.37. The first-order chi connectivity index (χ1) is 9.25. The second-order valence-corrected chi connectivity index (χ2v) is 5.73. The Morgan fingerprint density at radius 3 is 2.30 bits per heavy atom. The van der Waals surface area contributed by atoms with Gasteiger partial charge in [0.15, 0.2) is 0 Å². The van der Waals surface area contributed by atoms with Gasteiger partial charge in [0.1, 0.15) is 0 Å². The van der Waals surface area contributed by atoms with Crippen molar-refractivity contribution in [2.75, 3.05) is 14.1 Å². The van der Waals surface area contributed by atoms with Crippen molar-refractivity contribution in [1.82, 2.24) is 4.90 Å². The predicted molar refractivity (Wildman–Crippen MR) is 87.8 cm³/mol. The lowest BCUT2D eigenvalue weighted by Gasteiger charge is -2.27. The maximum atomic E-state index is 2.38. The average molecular weight is 288 g/mol. The molecule has 1 aliphatic carbocycles. The molecule has 0 saturated heterocycles. The van der Waals surface area contributed by atoms with Gasteiger partial charge in [0.05, 0.1) is 0 Å². The molecule has 0 heterocycles. The highest BCUT2D eigenvalue weighted by molar-refractivity contribution is 5.85. The molecule has 20 heavy (non-hydrogen) atoms. The molecule has 2 heteroatoms. The van der Waals surface area contributed by atoms with Crippen molar-refractivity contribution in [3.8, 4) is 0 Å². The first-order valence-electron chi connectivity index (χ1n) is 7.04. The minimum Gasteiger partial charge on any atom is -0.305 e. The topological polar surface area (TPSA) is 3.24 Å². The van der Waals surface area contributed by atoms with Gasteiger partial charge in [-0.25, -0.2) is 0 Å². The second-order valence-electron chi connectivity index (χ2n) is 5.73. The van der Waals surface area contributed by atoms with Crippen LogP contribution in [0.1, 0.15) is 22.6 Å². The number of hydrogen-bond acceptors (Lipinski definition) is 1. The van der Waals surface area contributed by atoms with Gasteiger partial charge in [-0.15, -0.1) is 12.4 Å². The molecule has 2 aromatic carbocycles. The summed E-state index contributed by atoms with van der Waals surface area (Å²) in [6.45, 7) is 0. The van der Waals surface area contributed by atoms with Gasteiger partial charge in [0, 0.05) is 12.0 Å². The van der Waals surface area contributed by atoms with E-state index in [0.29, 0.717) is 12.0 Å². The minimum atomic E-state index is 0. The Hall–Kier alpha value is -1.31. The Morgan fingerprint density at radius 1 is 0.950 bits per heavy atom.